The normalized spacial score (nSPS) is 27.9. The molecule has 1 nitrogen and oxygen atoms in total. The van der Waals surface area contributed by atoms with Crippen LogP contribution in [0.4, 0.5) is 0 Å². The van der Waals surface area contributed by atoms with Gasteiger partial charge < -0.3 is 5.73 Å². The van der Waals surface area contributed by atoms with Crippen LogP contribution in [-0.4, -0.2) is 6.04 Å². The highest BCUT2D eigenvalue weighted by Crippen LogP contribution is 2.41. The fourth-order valence-corrected chi connectivity index (χ4v) is 4.59. The fourth-order valence-electron chi connectivity index (χ4n) is 3.59. The van der Waals surface area contributed by atoms with Gasteiger partial charge in [-0.05, 0) is 55.0 Å². The van der Waals surface area contributed by atoms with Gasteiger partial charge >= 0.3 is 0 Å². The maximum absolute atomic E-state index is 6.53. The molecular formula is C14H21NS. The number of hydrogen-bond donors (Lipinski definition) is 1. The van der Waals surface area contributed by atoms with Crippen molar-refractivity contribution >= 4 is 11.3 Å². The third-order valence-corrected chi connectivity index (χ3v) is 5.50. The van der Waals surface area contributed by atoms with Crippen molar-refractivity contribution in [2.45, 2.75) is 56.9 Å². The van der Waals surface area contributed by atoms with Gasteiger partial charge in [0.1, 0.15) is 0 Å². The van der Waals surface area contributed by atoms with Gasteiger partial charge in [-0.3, -0.25) is 0 Å². The molecule has 1 saturated carbocycles. The summed E-state index contributed by atoms with van der Waals surface area (Å²) in [4.78, 5) is 1.62. The van der Waals surface area contributed by atoms with Gasteiger partial charge in [-0.15, -0.1) is 11.3 Å². The summed E-state index contributed by atoms with van der Waals surface area (Å²) in [5.74, 6) is 1.47. The van der Waals surface area contributed by atoms with Crippen molar-refractivity contribution in [3.63, 3.8) is 0 Å². The molecule has 2 aliphatic carbocycles. The third-order valence-electron chi connectivity index (χ3n) is 4.51. The second-order valence-electron chi connectivity index (χ2n) is 5.42. The molecule has 3 rings (SSSR count). The Morgan fingerprint density at radius 2 is 2.00 bits per heavy atom. The highest BCUT2D eigenvalue weighted by Gasteiger charge is 2.32. The second-order valence-corrected chi connectivity index (χ2v) is 6.42. The van der Waals surface area contributed by atoms with E-state index in [9.17, 15) is 0 Å². The van der Waals surface area contributed by atoms with Gasteiger partial charge in [0.25, 0.3) is 0 Å². The lowest BCUT2D eigenvalue weighted by molar-refractivity contribution is 0.348. The number of thiophene rings is 1. The summed E-state index contributed by atoms with van der Waals surface area (Å²) < 4.78 is 0. The monoisotopic (exact) mass is 235 g/mol. The van der Waals surface area contributed by atoms with E-state index in [2.05, 4.69) is 11.4 Å². The van der Waals surface area contributed by atoms with Gasteiger partial charge in [0, 0.05) is 16.8 Å². The quantitative estimate of drug-likeness (QED) is 0.831. The van der Waals surface area contributed by atoms with E-state index in [1.54, 1.807) is 10.4 Å². The van der Waals surface area contributed by atoms with Gasteiger partial charge in [-0.1, -0.05) is 12.8 Å². The van der Waals surface area contributed by atoms with Crippen LogP contribution in [0.3, 0.4) is 0 Å². The fraction of sp³-hybridized carbons (Fsp3) is 0.714. The zero-order valence-electron chi connectivity index (χ0n) is 9.82. The van der Waals surface area contributed by atoms with E-state index in [1.807, 2.05) is 11.3 Å². The summed E-state index contributed by atoms with van der Waals surface area (Å²) in [6, 6.07) is 2.76. The second kappa shape index (κ2) is 4.50. The molecule has 0 spiro atoms. The van der Waals surface area contributed by atoms with Crippen LogP contribution in [0.15, 0.2) is 11.4 Å². The summed E-state index contributed by atoms with van der Waals surface area (Å²) >= 11 is 1.93. The van der Waals surface area contributed by atoms with E-state index < -0.39 is 0 Å². The molecule has 0 bridgehead atoms. The molecule has 0 amide bonds. The van der Waals surface area contributed by atoms with Crippen LogP contribution >= 0.6 is 11.3 Å². The predicted octanol–water partition coefficient (Wildman–Crippen LogP) is 3.69. The number of aryl methyl sites for hydroxylation is 1. The topological polar surface area (TPSA) is 26.0 Å². The van der Waals surface area contributed by atoms with Crippen LogP contribution in [0.1, 0.15) is 54.9 Å². The maximum atomic E-state index is 6.53. The van der Waals surface area contributed by atoms with Crippen LogP contribution < -0.4 is 5.73 Å². The van der Waals surface area contributed by atoms with Crippen molar-refractivity contribution < 1.29 is 0 Å². The number of nitrogens with two attached hydrogens (primary N) is 1. The minimum Gasteiger partial charge on any atom is -0.327 e. The van der Waals surface area contributed by atoms with Gasteiger partial charge in [0.2, 0.25) is 0 Å². The lowest BCUT2D eigenvalue weighted by atomic mass is 9.77. The molecule has 2 heteroatoms. The Bertz CT molecular complexity index is 351. The van der Waals surface area contributed by atoms with Gasteiger partial charge in [0.05, 0.1) is 0 Å². The highest BCUT2D eigenvalue weighted by molar-refractivity contribution is 7.10. The molecule has 2 N–H and O–H groups in total. The average Bonchev–Trinajstić information content (AvgIpc) is 2.98. The molecule has 1 fully saturated rings. The Morgan fingerprint density at radius 3 is 2.81 bits per heavy atom. The first-order valence-corrected chi connectivity index (χ1v) is 7.56. The number of hydrogen-bond acceptors (Lipinski definition) is 2. The van der Waals surface area contributed by atoms with Crippen LogP contribution in [-0.2, 0) is 6.42 Å². The predicted molar refractivity (Wildman–Crippen MR) is 69.9 cm³/mol. The van der Waals surface area contributed by atoms with Crippen LogP contribution in [0, 0.1) is 5.92 Å². The Hall–Kier alpha value is -0.340. The van der Waals surface area contributed by atoms with E-state index in [1.165, 1.54) is 44.9 Å². The number of fused-ring (bicyclic) bond motifs is 1. The average molecular weight is 235 g/mol. The van der Waals surface area contributed by atoms with Crippen LogP contribution in [0.25, 0.3) is 0 Å². The highest BCUT2D eigenvalue weighted by atomic mass is 32.1. The summed E-state index contributed by atoms with van der Waals surface area (Å²) in [7, 11) is 0. The van der Waals surface area contributed by atoms with E-state index >= 15 is 0 Å². The van der Waals surface area contributed by atoms with E-state index in [-0.39, 0.29) is 0 Å². The molecule has 0 aromatic carbocycles. The molecule has 1 aromatic rings. The molecule has 2 aliphatic rings. The summed E-state index contributed by atoms with van der Waals surface area (Å²) in [5, 5.41) is 2.25. The largest absolute Gasteiger partial charge is 0.327 e. The Morgan fingerprint density at radius 1 is 1.19 bits per heavy atom. The SMILES string of the molecule is NC(C1CCCC1)C1CCCc2sccc21. The van der Waals surface area contributed by atoms with Gasteiger partial charge in [-0.25, -0.2) is 0 Å². The molecule has 88 valence electrons. The first-order valence-electron chi connectivity index (χ1n) is 6.68. The van der Waals surface area contributed by atoms with Gasteiger partial charge in [-0.2, -0.15) is 0 Å². The van der Waals surface area contributed by atoms with Crippen LogP contribution in [0.2, 0.25) is 0 Å². The molecule has 1 aromatic heterocycles. The smallest absolute Gasteiger partial charge is 0.0137 e. The lowest BCUT2D eigenvalue weighted by Gasteiger charge is -2.31. The third kappa shape index (κ3) is 1.82. The van der Waals surface area contributed by atoms with Crippen LogP contribution in [0.5, 0.6) is 0 Å². The Balaban J connectivity index is 1.80. The van der Waals surface area contributed by atoms with Crippen molar-refractivity contribution in [3.05, 3.63) is 21.9 Å². The van der Waals surface area contributed by atoms with E-state index in [0.717, 1.165) is 5.92 Å². The molecular weight excluding hydrogens is 214 g/mol. The van der Waals surface area contributed by atoms with Gasteiger partial charge in [0.15, 0.2) is 0 Å². The summed E-state index contributed by atoms with van der Waals surface area (Å²) in [5.41, 5.74) is 8.13. The molecule has 16 heavy (non-hydrogen) atoms. The van der Waals surface area contributed by atoms with Crippen molar-refractivity contribution in [3.8, 4) is 0 Å². The first-order chi connectivity index (χ1) is 7.86. The van der Waals surface area contributed by atoms with Crippen molar-refractivity contribution in [2.75, 3.05) is 0 Å². The van der Waals surface area contributed by atoms with Crippen molar-refractivity contribution in [1.82, 2.24) is 0 Å². The molecule has 0 aliphatic heterocycles. The van der Waals surface area contributed by atoms with Crippen molar-refractivity contribution in [1.29, 1.82) is 0 Å². The molecule has 2 unspecified atom stereocenters. The minimum absolute atomic E-state index is 0.427. The molecule has 0 radical (unpaired) electrons. The molecule has 0 saturated heterocycles. The Kier molecular flexibility index (Phi) is 3.03. The minimum atomic E-state index is 0.427. The summed E-state index contributed by atoms with van der Waals surface area (Å²) in [6.07, 6.45) is 9.51. The standard InChI is InChI=1S/C14H21NS/c15-14(10-4-1-2-5-10)12-6-3-7-13-11(12)8-9-16-13/h8-10,12,14H,1-7,15H2. The zero-order chi connectivity index (χ0) is 11.0. The number of rotatable bonds is 2. The van der Waals surface area contributed by atoms with Crippen molar-refractivity contribution in [2.24, 2.45) is 11.7 Å². The lowest BCUT2D eigenvalue weighted by Crippen LogP contribution is -2.36. The van der Waals surface area contributed by atoms with E-state index in [4.69, 9.17) is 5.73 Å². The zero-order valence-corrected chi connectivity index (χ0v) is 10.6. The summed E-state index contributed by atoms with van der Waals surface area (Å²) in [6.45, 7) is 0. The maximum Gasteiger partial charge on any atom is 0.0137 e. The molecule has 2 atom stereocenters. The first kappa shape index (κ1) is 10.8. The Labute approximate surface area is 102 Å². The van der Waals surface area contributed by atoms with E-state index in [0.29, 0.717) is 12.0 Å². The molecule has 1 heterocycles.